The van der Waals surface area contributed by atoms with Crippen LogP contribution in [0.3, 0.4) is 0 Å². The fourth-order valence-corrected chi connectivity index (χ4v) is 2.30. The van der Waals surface area contributed by atoms with Crippen molar-refractivity contribution >= 4 is 0 Å². The quantitative estimate of drug-likeness (QED) is 0.824. The van der Waals surface area contributed by atoms with E-state index in [1.54, 1.807) is 12.1 Å². The first-order valence-electron chi connectivity index (χ1n) is 6.09. The molecule has 1 unspecified atom stereocenters. The van der Waals surface area contributed by atoms with Crippen LogP contribution in [0.4, 0.5) is 0 Å². The lowest BCUT2D eigenvalue weighted by Crippen LogP contribution is -2.24. The van der Waals surface area contributed by atoms with Gasteiger partial charge < -0.3 is 14.8 Å². The normalized spacial score (nSPS) is 18.6. The molecule has 5 heteroatoms. The number of benzene rings is 1. The molecule has 2 N–H and O–H groups in total. The number of aromatic nitrogens is 3. The molecule has 1 aromatic carbocycles. The molecule has 0 spiro atoms. The first kappa shape index (κ1) is 11.2. The summed E-state index contributed by atoms with van der Waals surface area (Å²) in [4.78, 5) is 0. The molecule has 0 aliphatic carbocycles. The fourth-order valence-electron chi connectivity index (χ4n) is 2.30. The third-order valence-corrected chi connectivity index (χ3v) is 3.31. The lowest BCUT2D eigenvalue weighted by Gasteiger charge is -2.19. The largest absolute Gasteiger partial charge is 0.508 e. The zero-order chi connectivity index (χ0) is 12.5. The van der Waals surface area contributed by atoms with Gasteiger partial charge in [-0.05, 0) is 24.1 Å². The lowest BCUT2D eigenvalue weighted by atomic mass is 10.1. The van der Waals surface area contributed by atoms with E-state index in [2.05, 4.69) is 14.8 Å². The maximum Gasteiger partial charge on any atom is 0.137 e. The van der Waals surface area contributed by atoms with E-state index in [1.165, 1.54) is 0 Å². The molecule has 1 atom stereocenters. The molecular formula is C13H15N3O2. The number of hydrogen-bond donors (Lipinski definition) is 2. The van der Waals surface area contributed by atoms with E-state index in [0.717, 1.165) is 30.2 Å². The molecule has 2 aromatic rings. The van der Waals surface area contributed by atoms with Crippen molar-refractivity contribution in [2.24, 2.45) is 0 Å². The average Bonchev–Trinajstić information content (AvgIpc) is 2.74. The second kappa shape index (κ2) is 4.42. The predicted molar refractivity (Wildman–Crippen MR) is 65.3 cm³/mol. The topological polar surface area (TPSA) is 71.2 Å². The number of phenols is 1. The third-order valence-electron chi connectivity index (χ3n) is 3.31. The summed E-state index contributed by atoms with van der Waals surface area (Å²) in [6.45, 7) is 0.775. The molecule has 0 amide bonds. The van der Waals surface area contributed by atoms with Gasteiger partial charge >= 0.3 is 0 Å². The molecule has 0 fully saturated rings. The minimum Gasteiger partial charge on any atom is -0.508 e. The van der Waals surface area contributed by atoms with Crippen LogP contribution in [0.5, 0.6) is 5.75 Å². The number of aromatic hydroxyl groups is 1. The molecule has 2 heterocycles. The van der Waals surface area contributed by atoms with E-state index in [9.17, 15) is 10.2 Å². The van der Waals surface area contributed by atoms with E-state index in [0.29, 0.717) is 12.8 Å². The predicted octanol–water partition coefficient (Wildman–Crippen LogP) is 0.882. The average molecular weight is 245 g/mol. The molecule has 1 aromatic heterocycles. The number of hydrogen-bond acceptors (Lipinski definition) is 4. The molecule has 1 aliphatic heterocycles. The van der Waals surface area contributed by atoms with Crippen molar-refractivity contribution in [3.05, 3.63) is 41.5 Å². The van der Waals surface area contributed by atoms with E-state index in [-0.39, 0.29) is 11.9 Å². The zero-order valence-electron chi connectivity index (χ0n) is 9.95. The van der Waals surface area contributed by atoms with E-state index >= 15 is 0 Å². The highest BCUT2D eigenvalue weighted by molar-refractivity contribution is 5.28. The van der Waals surface area contributed by atoms with Gasteiger partial charge in [-0.15, -0.1) is 10.2 Å². The first-order valence-corrected chi connectivity index (χ1v) is 6.09. The number of rotatable bonds is 2. The van der Waals surface area contributed by atoms with Crippen LogP contribution in [-0.4, -0.2) is 31.1 Å². The van der Waals surface area contributed by atoms with Gasteiger partial charge in [0.2, 0.25) is 0 Å². The number of phenolic OH excluding ortho intramolecular Hbond substituents is 1. The molecular weight excluding hydrogens is 230 g/mol. The second-order valence-electron chi connectivity index (χ2n) is 4.67. The van der Waals surface area contributed by atoms with Gasteiger partial charge in [-0.1, -0.05) is 12.1 Å². The van der Waals surface area contributed by atoms with Crippen LogP contribution in [0.25, 0.3) is 0 Å². The van der Waals surface area contributed by atoms with Gasteiger partial charge in [-0.25, -0.2) is 0 Å². The monoisotopic (exact) mass is 245 g/mol. The summed E-state index contributed by atoms with van der Waals surface area (Å²) in [5, 5.41) is 27.1. The molecule has 1 aliphatic rings. The Bertz CT molecular complexity index is 548. The Morgan fingerprint density at radius 2 is 2.00 bits per heavy atom. The summed E-state index contributed by atoms with van der Waals surface area (Å²) in [6.07, 6.45) is 1.75. The molecule has 0 saturated carbocycles. The van der Waals surface area contributed by atoms with Gasteiger partial charge in [0.25, 0.3) is 0 Å². The molecule has 5 nitrogen and oxygen atoms in total. The van der Waals surface area contributed by atoms with Gasteiger partial charge in [-0.3, -0.25) is 0 Å². The van der Waals surface area contributed by atoms with E-state index in [4.69, 9.17) is 0 Å². The van der Waals surface area contributed by atoms with Crippen molar-refractivity contribution in [2.75, 3.05) is 0 Å². The maximum absolute atomic E-state index is 9.58. The number of aliphatic hydroxyl groups is 1. The Hall–Kier alpha value is -1.88. The third kappa shape index (κ3) is 2.09. The van der Waals surface area contributed by atoms with Gasteiger partial charge in [-0.2, -0.15) is 0 Å². The molecule has 3 rings (SSSR count). The van der Waals surface area contributed by atoms with Crippen LogP contribution in [0.1, 0.15) is 23.6 Å². The first-order chi connectivity index (χ1) is 8.72. The highest BCUT2D eigenvalue weighted by Gasteiger charge is 2.21. The van der Waals surface area contributed by atoms with Crippen molar-refractivity contribution < 1.29 is 10.2 Å². The van der Waals surface area contributed by atoms with Crippen molar-refractivity contribution in [1.29, 1.82) is 0 Å². The van der Waals surface area contributed by atoms with Gasteiger partial charge in [0.05, 0.1) is 6.10 Å². The van der Waals surface area contributed by atoms with Gasteiger partial charge in [0.15, 0.2) is 0 Å². The maximum atomic E-state index is 9.58. The highest BCUT2D eigenvalue weighted by atomic mass is 16.3. The summed E-state index contributed by atoms with van der Waals surface area (Å²) in [5.74, 6) is 2.05. The van der Waals surface area contributed by atoms with Crippen LogP contribution in [0.15, 0.2) is 24.3 Å². The van der Waals surface area contributed by atoms with Gasteiger partial charge in [0.1, 0.15) is 17.4 Å². The van der Waals surface area contributed by atoms with Gasteiger partial charge in [0, 0.05) is 19.4 Å². The van der Waals surface area contributed by atoms with Crippen LogP contribution in [0.2, 0.25) is 0 Å². The number of nitrogens with zero attached hydrogens (tertiary/aromatic N) is 3. The summed E-state index contributed by atoms with van der Waals surface area (Å²) < 4.78 is 2.08. The Kier molecular flexibility index (Phi) is 2.76. The van der Waals surface area contributed by atoms with Crippen molar-refractivity contribution in [3.63, 3.8) is 0 Å². The van der Waals surface area contributed by atoms with E-state index < -0.39 is 0 Å². The SMILES string of the molecule is Oc1ccc(Cc2nnc3n2CCC(O)C3)cc1. The summed E-state index contributed by atoms with van der Waals surface area (Å²) in [5.41, 5.74) is 1.09. The summed E-state index contributed by atoms with van der Waals surface area (Å²) in [6, 6.07) is 7.11. The molecule has 94 valence electrons. The Morgan fingerprint density at radius 3 is 2.78 bits per heavy atom. The van der Waals surface area contributed by atoms with Crippen LogP contribution >= 0.6 is 0 Å². The Morgan fingerprint density at radius 1 is 1.22 bits per heavy atom. The smallest absolute Gasteiger partial charge is 0.137 e. The van der Waals surface area contributed by atoms with Crippen LogP contribution in [0, 0.1) is 0 Å². The molecule has 0 bridgehead atoms. The molecule has 0 saturated heterocycles. The van der Waals surface area contributed by atoms with Crippen molar-refractivity contribution in [2.45, 2.75) is 31.9 Å². The second-order valence-corrected chi connectivity index (χ2v) is 4.67. The fraction of sp³-hybridized carbons (Fsp3) is 0.385. The van der Waals surface area contributed by atoms with E-state index in [1.807, 2.05) is 12.1 Å². The summed E-state index contributed by atoms with van der Waals surface area (Å²) in [7, 11) is 0. The highest BCUT2D eigenvalue weighted by Crippen LogP contribution is 2.18. The molecule has 0 radical (unpaired) electrons. The summed E-state index contributed by atoms with van der Waals surface area (Å²) >= 11 is 0. The number of fused-ring (bicyclic) bond motifs is 1. The number of aliphatic hydroxyl groups excluding tert-OH is 1. The van der Waals surface area contributed by atoms with Crippen molar-refractivity contribution in [3.8, 4) is 5.75 Å². The van der Waals surface area contributed by atoms with Crippen LogP contribution in [-0.2, 0) is 19.4 Å². The van der Waals surface area contributed by atoms with Crippen molar-refractivity contribution in [1.82, 2.24) is 14.8 Å². The minimum atomic E-state index is -0.289. The zero-order valence-corrected chi connectivity index (χ0v) is 9.95. The standard InChI is InChI=1S/C13H15N3O2/c17-10-3-1-9(2-4-10)7-12-14-15-13-8-11(18)5-6-16(12)13/h1-4,11,17-18H,5-8H2. The van der Waals surface area contributed by atoms with Crippen LogP contribution < -0.4 is 0 Å². The Labute approximate surface area is 105 Å². The lowest BCUT2D eigenvalue weighted by molar-refractivity contribution is 0.141. The Balaban J connectivity index is 1.83. The minimum absolute atomic E-state index is 0.269. The molecule has 18 heavy (non-hydrogen) atoms.